The van der Waals surface area contributed by atoms with E-state index in [0.717, 1.165) is 5.56 Å². The standard InChI is InChI=1S/C18H21N3O/c1-12(2)15-10-18(19,16-8-4-3-7-14(15)16)17(22)21-13-6-5-9-20-11-13/h3-9,11-12,15H,10,19H2,1-2H3,(H,21,22). The maximum Gasteiger partial charge on any atom is 0.249 e. The van der Waals surface area contributed by atoms with Crippen molar-refractivity contribution in [3.05, 3.63) is 59.9 Å². The van der Waals surface area contributed by atoms with Crippen LogP contribution in [0.1, 0.15) is 37.3 Å². The minimum atomic E-state index is -0.985. The molecule has 4 heteroatoms. The van der Waals surface area contributed by atoms with Gasteiger partial charge in [0.1, 0.15) is 5.54 Å². The van der Waals surface area contributed by atoms with Crippen molar-refractivity contribution in [1.29, 1.82) is 0 Å². The molecule has 1 aromatic heterocycles. The van der Waals surface area contributed by atoms with Crippen LogP contribution < -0.4 is 11.1 Å². The Kier molecular flexibility index (Phi) is 3.71. The van der Waals surface area contributed by atoms with Crippen LogP contribution in [0.15, 0.2) is 48.8 Å². The summed E-state index contributed by atoms with van der Waals surface area (Å²) in [5.74, 6) is 0.578. The third-order valence-electron chi connectivity index (χ3n) is 4.51. The number of amides is 1. The zero-order valence-electron chi connectivity index (χ0n) is 12.9. The van der Waals surface area contributed by atoms with Gasteiger partial charge in [-0.1, -0.05) is 38.1 Å². The lowest BCUT2D eigenvalue weighted by Gasteiger charge is -2.25. The number of nitrogens with zero attached hydrogens (tertiary/aromatic N) is 1. The first kappa shape index (κ1) is 14.7. The molecule has 3 N–H and O–H groups in total. The summed E-state index contributed by atoms with van der Waals surface area (Å²) in [6.45, 7) is 4.35. The summed E-state index contributed by atoms with van der Waals surface area (Å²) >= 11 is 0. The van der Waals surface area contributed by atoms with Gasteiger partial charge in [0, 0.05) is 6.20 Å². The lowest BCUT2D eigenvalue weighted by molar-refractivity contribution is -0.121. The normalized spacial score (nSPS) is 23.4. The van der Waals surface area contributed by atoms with Crippen LogP contribution in [0.25, 0.3) is 0 Å². The second-order valence-corrected chi connectivity index (χ2v) is 6.31. The highest BCUT2D eigenvalue weighted by atomic mass is 16.2. The lowest BCUT2D eigenvalue weighted by atomic mass is 9.87. The van der Waals surface area contributed by atoms with Gasteiger partial charge in [0.15, 0.2) is 0 Å². The van der Waals surface area contributed by atoms with Gasteiger partial charge in [-0.05, 0) is 41.5 Å². The van der Waals surface area contributed by atoms with E-state index in [1.54, 1.807) is 18.5 Å². The maximum absolute atomic E-state index is 12.8. The van der Waals surface area contributed by atoms with Crippen LogP contribution in [0.4, 0.5) is 5.69 Å². The molecule has 0 bridgehead atoms. The highest BCUT2D eigenvalue weighted by molar-refractivity contribution is 5.99. The van der Waals surface area contributed by atoms with Crippen molar-refractivity contribution in [3.63, 3.8) is 0 Å². The van der Waals surface area contributed by atoms with Crippen molar-refractivity contribution in [3.8, 4) is 0 Å². The number of pyridine rings is 1. The summed E-state index contributed by atoms with van der Waals surface area (Å²) in [7, 11) is 0. The number of carbonyl (C=O) groups is 1. The molecule has 1 amide bonds. The van der Waals surface area contributed by atoms with Gasteiger partial charge in [-0.2, -0.15) is 0 Å². The Morgan fingerprint density at radius 1 is 1.32 bits per heavy atom. The molecule has 2 aromatic rings. The fourth-order valence-corrected chi connectivity index (χ4v) is 3.28. The molecule has 114 valence electrons. The number of fused-ring (bicyclic) bond motifs is 1. The predicted molar refractivity (Wildman–Crippen MR) is 87.4 cm³/mol. The first-order chi connectivity index (χ1) is 10.5. The Morgan fingerprint density at radius 2 is 2.09 bits per heavy atom. The van der Waals surface area contributed by atoms with E-state index in [1.165, 1.54) is 5.56 Å². The summed E-state index contributed by atoms with van der Waals surface area (Å²) in [4.78, 5) is 16.8. The van der Waals surface area contributed by atoms with E-state index < -0.39 is 5.54 Å². The summed E-state index contributed by atoms with van der Waals surface area (Å²) in [5.41, 5.74) is 8.38. The van der Waals surface area contributed by atoms with E-state index >= 15 is 0 Å². The highest BCUT2D eigenvalue weighted by Gasteiger charge is 2.46. The second kappa shape index (κ2) is 5.54. The number of rotatable bonds is 3. The van der Waals surface area contributed by atoms with E-state index in [2.05, 4.69) is 30.2 Å². The molecule has 0 spiro atoms. The number of hydrogen-bond donors (Lipinski definition) is 2. The number of nitrogens with two attached hydrogens (primary N) is 1. The molecule has 1 aromatic carbocycles. The quantitative estimate of drug-likeness (QED) is 0.914. The minimum absolute atomic E-state index is 0.170. The van der Waals surface area contributed by atoms with E-state index in [9.17, 15) is 4.79 Å². The largest absolute Gasteiger partial charge is 0.323 e. The Morgan fingerprint density at radius 3 is 2.77 bits per heavy atom. The molecule has 0 saturated carbocycles. The first-order valence-electron chi connectivity index (χ1n) is 7.62. The van der Waals surface area contributed by atoms with Gasteiger partial charge < -0.3 is 11.1 Å². The second-order valence-electron chi connectivity index (χ2n) is 6.31. The van der Waals surface area contributed by atoms with Crippen LogP contribution >= 0.6 is 0 Å². The van der Waals surface area contributed by atoms with Crippen LogP contribution in [-0.2, 0) is 10.3 Å². The molecular formula is C18H21N3O. The lowest BCUT2D eigenvalue weighted by Crippen LogP contribution is -2.46. The van der Waals surface area contributed by atoms with Crippen LogP contribution in [0, 0.1) is 5.92 Å². The monoisotopic (exact) mass is 295 g/mol. The molecule has 0 aliphatic heterocycles. The van der Waals surface area contributed by atoms with Crippen LogP contribution in [0.3, 0.4) is 0 Å². The van der Waals surface area contributed by atoms with E-state index in [-0.39, 0.29) is 5.91 Å². The molecule has 22 heavy (non-hydrogen) atoms. The third-order valence-corrected chi connectivity index (χ3v) is 4.51. The summed E-state index contributed by atoms with van der Waals surface area (Å²) < 4.78 is 0. The van der Waals surface area contributed by atoms with Gasteiger partial charge in [-0.3, -0.25) is 9.78 Å². The number of nitrogens with one attached hydrogen (secondary N) is 1. The third kappa shape index (κ3) is 2.40. The van der Waals surface area contributed by atoms with Crippen molar-refractivity contribution < 1.29 is 4.79 Å². The molecular weight excluding hydrogens is 274 g/mol. The number of hydrogen-bond acceptors (Lipinski definition) is 3. The SMILES string of the molecule is CC(C)C1CC(N)(C(=O)Nc2cccnc2)c2ccccc21. The fraction of sp³-hybridized carbons (Fsp3) is 0.333. The molecule has 1 aliphatic rings. The topological polar surface area (TPSA) is 68.0 Å². The highest BCUT2D eigenvalue weighted by Crippen LogP contribution is 2.46. The van der Waals surface area contributed by atoms with Gasteiger partial charge in [0.25, 0.3) is 0 Å². The van der Waals surface area contributed by atoms with E-state index in [1.807, 2.05) is 24.3 Å². The number of aromatic nitrogens is 1. The van der Waals surface area contributed by atoms with E-state index in [4.69, 9.17) is 5.73 Å². The molecule has 4 nitrogen and oxygen atoms in total. The number of benzene rings is 1. The van der Waals surface area contributed by atoms with Crippen LogP contribution in [0.2, 0.25) is 0 Å². The van der Waals surface area contributed by atoms with Gasteiger partial charge >= 0.3 is 0 Å². The van der Waals surface area contributed by atoms with Crippen molar-refractivity contribution in [2.75, 3.05) is 5.32 Å². The fourth-order valence-electron chi connectivity index (χ4n) is 3.28. The van der Waals surface area contributed by atoms with Crippen molar-refractivity contribution >= 4 is 11.6 Å². The van der Waals surface area contributed by atoms with Gasteiger partial charge in [-0.15, -0.1) is 0 Å². The molecule has 1 aliphatic carbocycles. The number of anilines is 1. The van der Waals surface area contributed by atoms with Crippen molar-refractivity contribution in [1.82, 2.24) is 4.98 Å². The average Bonchev–Trinajstić information content (AvgIpc) is 2.84. The van der Waals surface area contributed by atoms with Crippen molar-refractivity contribution in [2.45, 2.75) is 31.7 Å². The summed E-state index contributed by atoms with van der Waals surface area (Å²) in [6, 6.07) is 11.6. The zero-order valence-corrected chi connectivity index (χ0v) is 12.9. The molecule has 0 saturated heterocycles. The maximum atomic E-state index is 12.8. The van der Waals surface area contributed by atoms with E-state index in [0.29, 0.717) is 23.9 Å². The first-order valence-corrected chi connectivity index (χ1v) is 7.62. The Labute approximate surface area is 130 Å². The minimum Gasteiger partial charge on any atom is -0.323 e. The Bertz CT molecular complexity index is 684. The van der Waals surface area contributed by atoms with Gasteiger partial charge in [-0.25, -0.2) is 0 Å². The van der Waals surface area contributed by atoms with Crippen LogP contribution in [-0.4, -0.2) is 10.9 Å². The van der Waals surface area contributed by atoms with Crippen molar-refractivity contribution in [2.24, 2.45) is 11.7 Å². The predicted octanol–water partition coefficient (Wildman–Crippen LogP) is 3.02. The molecule has 0 radical (unpaired) electrons. The average molecular weight is 295 g/mol. The molecule has 1 heterocycles. The summed E-state index contributed by atoms with van der Waals surface area (Å²) in [5, 5.41) is 2.90. The smallest absolute Gasteiger partial charge is 0.249 e. The van der Waals surface area contributed by atoms with Crippen LogP contribution in [0.5, 0.6) is 0 Å². The van der Waals surface area contributed by atoms with Gasteiger partial charge in [0.2, 0.25) is 5.91 Å². The molecule has 3 rings (SSSR count). The Balaban J connectivity index is 1.94. The van der Waals surface area contributed by atoms with Gasteiger partial charge in [0.05, 0.1) is 11.9 Å². The summed E-state index contributed by atoms with van der Waals surface area (Å²) in [6.07, 6.45) is 3.94. The molecule has 2 unspecified atom stereocenters. The molecule has 2 atom stereocenters. The Hall–Kier alpha value is -2.20. The number of carbonyl (C=O) groups excluding carboxylic acids is 1. The zero-order chi connectivity index (χ0) is 15.7. The molecule has 0 fully saturated rings.